The summed E-state index contributed by atoms with van der Waals surface area (Å²) in [5, 5.41) is 0. The highest BCUT2D eigenvalue weighted by Crippen LogP contribution is 2.06. The Morgan fingerprint density at radius 2 is 1.84 bits per heavy atom. The van der Waals surface area contributed by atoms with Crippen LogP contribution in [-0.2, 0) is 6.42 Å². The number of nitrogens with zero attached hydrogens (tertiary/aromatic N) is 2. The van der Waals surface area contributed by atoms with Gasteiger partial charge in [0.25, 0.3) is 5.91 Å². The lowest BCUT2D eigenvalue weighted by Crippen LogP contribution is -2.32. The monoisotopic (exact) mass is 254 g/mol. The molecule has 1 amide bonds. The van der Waals surface area contributed by atoms with Crippen molar-refractivity contribution >= 4 is 5.91 Å². The highest BCUT2D eigenvalue weighted by molar-refractivity contribution is 5.94. The van der Waals surface area contributed by atoms with Gasteiger partial charge in [-0.05, 0) is 31.2 Å². The molecule has 0 atom stereocenters. The number of aromatic nitrogens is 1. The number of hydrogen-bond acceptors (Lipinski definition) is 2. The Morgan fingerprint density at radius 1 is 1.11 bits per heavy atom. The molecule has 0 aliphatic heterocycles. The van der Waals surface area contributed by atoms with Crippen LogP contribution in [0.5, 0.6) is 0 Å². The molecule has 1 aromatic heterocycles. The van der Waals surface area contributed by atoms with Crippen LogP contribution >= 0.6 is 0 Å². The molecule has 1 heterocycles. The zero-order valence-corrected chi connectivity index (χ0v) is 11.1. The molecular formula is C16H18N2O. The van der Waals surface area contributed by atoms with Crippen LogP contribution in [0.2, 0.25) is 0 Å². The van der Waals surface area contributed by atoms with Crippen LogP contribution in [0.25, 0.3) is 0 Å². The standard InChI is InChI=1S/C16H18N2O/c1-2-18(13-11-15-10-6-7-12-17-15)16(19)14-8-4-3-5-9-14/h3-10,12H,2,11,13H2,1H3. The van der Waals surface area contributed by atoms with Gasteiger partial charge in [0.2, 0.25) is 0 Å². The van der Waals surface area contributed by atoms with E-state index < -0.39 is 0 Å². The second kappa shape index (κ2) is 6.69. The highest BCUT2D eigenvalue weighted by Gasteiger charge is 2.13. The van der Waals surface area contributed by atoms with Crippen LogP contribution in [0.15, 0.2) is 54.7 Å². The topological polar surface area (TPSA) is 33.2 Å². The van der Waals surface area contributed by atoms with E-state index >= 15 is 0 Å². The van der Waals surface area contributed by atoms with Gasteiger partial charge < -0.3 is 4.90 Å². The minimum Gasteiger partial charge on any atom is -0.339 e. The average Bonchev–Trinajstić information content (AvgIpc) is 2.49. The average molecular weight is 254 g/mol. The van der Waals surface area contributed by atoms with Crippen molar-refractivity contribution in [2.45, 2.75) is 13.3 Å². The lowest BCUT2D eigenvalue weighted by Gasteiger charge is -2.20. The largest absolute Gasteiger partial charge is 0.339 e. The summed E-state index contributed by atoms with van der Waals surface area (Å²) in [6.07, 6.45) is 2.57. The van der Waals surface area contributed by atoms with Gasteiger partial charge in [-0.25, -0.2) is 0 Å². The smallest absolute Gasteiger partial charge is 0.253 e. The Bertz CT molecular complexity index is 511. The van der Waals surface area contributed by atoms with Gasteiger partial charge in [0, 0.05) is 37.0 Å². The third-order valence-corrected chi connectivity index (χ3v) is 3.05. The summed E-state index contributed by atoms with van der Waals surface area (Å²) >= 11 is 0. The normalized spacial score (nSPS) is 10.2. The molecule has 1 aromatic carbocycles. The number of pyridine rings is 1. The number of hydrogen-bond donors (Lipinski definition) is 0. The molecule has 0 unspecified atom stereocenters. The lowest BCUT2D eigenvalue weighted by molar-refractivity contribution is 0.0766. The van der Waals surface area contributed by atoms with Crippen molar-refractivity contribution in [2.75, 3.05) is 13.1 Å². The number of amides is 1. The van der Waals surface area contributed by atoms with Gasteiger partial charge in [0.15, 0.2) is 0 Å². The van der Waals surface area contributed by atoms with E-state index in [2.05, 4.69) is 4.98 Å². The minimum atomic E-state index is 0.0824. The summed E-state index contributed by atoms with van der Waals surface area (Å²) in [6, 6.07) is 15.3. The molecule has 3 nitrogen and oxygen atoms in total. The van der Waals surface area contributed by atoms with E-state index in [0.717, 1.165) is 17.7 Å². The summed E-state index contributed by atoms with van der Waals surface area (Å²) in [6.45, 7) is 3.40. The molecule has 0 N–H and O–H groups in total. The number of carbonyl (C=O) groups is 1. The second-order valence-electron chi connectivity index (χ2n) is 4.32. The molecule has 0 fully saturated rings. The number of benzene rings is 1. The van der Waals surface area contributed by atoms with E-state index in [1.165, 1.54) is 0 Å². The molecule has 3 heteroatoms. The Morgan fingerprint density at radius 3 is 2.47 bits per heavy atom. The van der Waals surface area contributed by atoms with Gasteiger partial charge in [-0.1, -0.05) is 24.3 Å². The fourth-order valence-electron chi connectivity index (χ4n) is 1.96. The third-order valence-electron chi connectivity index (χ3n) is 3.05. The van der Waals surface area contributed by atoms with E-state index in [0.29, 0.717) is 13.1 Å². The maximum atomic E-state index is 12.3. The third kappa shape index (κ3) is 3.65. The van der Waals surface area contributed by atoms with E-state index in [1.54, 1.807) is 6.20 Å². The van der Waals surface area contributed by atoms with Crippen LogP contribution in [-0.4, -0.2) is 28.9 Å². The van der Waals surface area contributed by atoms with Crippen molar-refractivity contribution in [3.05, 3.63) is 66.0 Å². The van der Waals surface area contributed by atoms with Crippen molar-refractivity contribution in [3.63, 3.8) is 0 Å². The quantitative estimate of drug-likeness (QED) is 0.822. The Kier molecular flexibility index (Phi) is 4.67. The van der Waals surface area contributed by atoms with E-state index in [-0.39, 0.29) is 5.91 Å². The molecule has 98 valence electrons. The van der Waals surface area contributed by atoms with Gasteiger partial charge in [-0.3, -0.25) is 9.78 Å². The van der Waals surface area contributed by atoms with E-state index in [1.807, 2.05) is 60.4 Å². The molecule has 0 saturated heterocycles. The molecule has 0 bridgehead atoms. The first-order valence-corrected chi connectivity index (χ1v) is 6.55. The Balaban J connectivity index is 1.99. The van der Waals surface area contributed by atoms with Crippen LogP contribution in [0, 0.1) is 0 Å². The van der Waals surface area contributed by atoms with Crippen LogP contribution in [0.3, 0.4) is 0 Å². The molecule has 0 aliphatic rings. The number of carbonyl (C=O) groups excluding carboxylic acids is 1. The first kappa shape index (κ1) is 13.3. The fourth-order valence-corrected chi connectivity index (χ4v) is 1.96. The Hall–Kier alpha value is -2.16. The molecule has 2 rings (SSSR count). The first-order chi connectivity index (χ1) is 9.31. The van der Waals surface area contributed by atoms with E-state index in [4.69, 9.17) is 0 Å². The summed E-state index contributed by atoms with van der Waals surface area (Å²) in [5.74, 6) is 0.0824. The van der Waals surface area contributed by atoms with E-state index in [9.17, 15) is 4.79 Å². The van der Waals surface area contributed by atoms with Crippen LogP contribution < -0.4 is 0 Å². The van der Waals surface area contributed by atoms with Gasteiger partial charge in [0.05, 0.1) is 0 Å². The number of rotatable bonds is 5. The zero-order valence-electron chi connectivity index (χ0n) is 11.1. The van der Waals surface area contributed by atoms with Crippen molar-refractivity contribution in [3.8, 4) is 0 Å². The summed E-state index contributed by atoms with van der Waals surface area (Å²) in [5.41, 5.74) is 1.76. The first-order valence-electron chi connectivity index (χ1n) is 6.55. The molecular weight excluding hydrogens is 236 g/mol. The van der Waals surface area contributed by atoms with Gasteiger partial charge in [-0.2, -0.15) is 0 Å². The van der Waals surface area contributed by atoms with Crippen molar-refractivity contribution in [1.82, 2.24) is 9.88 Å². The fraction of sp³-hybridized carbons (Fsp3) is 0.250. The SMILES string of the molecule is CCN(CCc1ccccn1)C(=O)c1ccccc1. The lowest BCUT2D eigenvalue weighted by atomic mass is 10.2. The Labute approximate surface area is 113 Å². The summed E-state index contributed by atoms with van der Waals surface area (Å²) < 4.78 is 0. The zero-order chi connectivity index (χ0) is 13.5. The molecule has 0 spiro atoms. The molecule has 0 aliphatic carbocycles. The predicted octanol–water partition coefficient (Wildman–Crippen LogP) is 2.79. The molecule has 0 saturated carbocycles. The minimum absolute atomic E-state index is 0.0824. The molecule has 2 aromatic rings. The highest BCUT2D eigenvalue weighted by atomic mass is 16.2. The predicted molar refractivity (Wildman–Crippen MR) is 76.0 cm³/mol. The summed E-state index contributed by atoms with van der Waals surface area (Å²) in [7, 11) is 0. The second-order valence-corrected chi connectivity index (χ2v) is 4.32. The van der Waals surface area contributed by atoms with Crippen molar-refractivity contribution in [1.29, 1.82) is 0 Å². The van der Waals surface area contributed by atoms with Gasteiger partial charge >= 0.3 is 0 Å². The summed E-state index contributed by atoms with van der Waals surface area (Å²) in [4.78, 5) is 18.4. The van der Waals surface area contributed by atoms with Crippen LogP contribution in [0.1, 0.15) is 23.0 Å². The number of likely N-dealkylation sites (N-methyl/N-ethyl adjacent to an activating group) is 1. The maximum absolute atomic E-state index is 12.3. The van der Waals surface area contributed by atoms with Crippen molar-refractivity contribution < 1.29 is 4.79 Å². The van der Waals surface area contributed by atoms with Crippen molar-refractivity contribution in [2.24, 2.45) is 0 Å². The van der Waals surface area contributed by atoms with Gasteiger partial charge in [0.1, 0.15) is 0 Å². The molecule has 19 heavy (non-hydrogen) atoms. The van der Waals surface area contributed by atoms with Gasteiger partial charge in [-0.15, -0.1) is 0 Å². The molecule has 0 radical (unpaired) electrons. The maximum Gasteiger partial charge on any atom is 0.253 e. The van der Waals surface area contributed by atoms with Crippen LogP contribution in [0.4, 0.5) is 0 Å².